The molecule has 8 aromatic rings. The number of hydrogen-bond donors (Lipinski definition) is 0. The number of aromatic nitrogens is 2. The topological polar surface area (TPSA) is 9.86 Å². The molecule has 5 heteroatoms. The summed E-state index contributed by atoms with van der Waals surface area (Å²) in [6.45, 7) is 20.6. The van der Waals surface area contributed by atoms with E-state index in [1.54, 1.807) is 0 Å². The first-order chi connectivity index (χ1) is 23.0. The Hall–Kier alpha value is -3.38. The molecule has 0 atom stereocenters. The largest absolute Gasteiger partial charge is 0.308 e. The number of hydrogen-bond acceptors (Lipinski definition) is 1. The van der Waals surface area contributed by atoms with Crippen LogP contribution >= 0.6 is 43.2 Å². The molecule has 0 saturated carbocycles. The molecule has 0 aliphatic rings. The smallest absolute Gasteiger partial charge is 0.0728 e. The van der Waals surface area contributed by atoms with Gasteiger partial charge in [0.25, 0.3) is 0 Å². The molecule has 248 valence electrons. The zero-order valence-electron chi connectivity index (χ0n) is 29.7. The van der Waals surface area contributed by atoms with Gasteiger partial charge in [-0.3, -0.25) is 0 Å². The summed E-state index contributed by atoms with van der Waals surface area (Å²) < 4.78 is 9.64. The standard InChI is InChI=1S/C44H42Br2N2S/c1-42(2,3)25-14-17-34-29(20-25)30-21-26(43(4,5)6)15-18-35(30)47(34)37-23-33(46)38(24-32(37)45)48-36-19-16-27(44(7,8)9)22-31(36)41-40(48)28-12-10-11-13-39(28)49-41/h10-24H,1-9H3. The van der Waals surface area contributed by atoms with Crippen LogP contribution in [0.4, 0.5) is 0 Å². The normalized spacial score (nSPS) is 13.2. The number of halogens is 2. The molecule has 2 nitrogen and oxygen atoms in total. The van der Waals surface area contributed by atoms with E-state index >= 15 is 0 Å². The SMILES string of the molecule is CC(C)(C)c1ccc2c(c1)c1cc(C(C)(C)C)ccc1n2-c1cc(Br)c(-n2c3ccc(C(C)(C)C)cc3c3sc4ccccc4c32)cc1Br. The Morgan fingerprint density at radius 1 is 0.469 bits per heavy atom. The molecule has 0 aliphatic carbocycles. The molecule has 49 heavy (non-hydrogen) atoms. The van der Waals surface area contributed by atoms with E-state index in [0.717, 1.165) is 20.3 Å². The highest BCUT2D eigenvalue weighted by atomic mass is 79.9. The fourth-order valence-corrected chi connectivity index (χ4v) is 9.50. The zero-order chi connectivity index (χ0) is 34.8. The Labute approximate surface area is 310 Å². The van der Waals surface area contributed by atoms with Gasteiger partial charge < -0.3 is 9.13 Å². The van der Waals surface area contributed by atoms with Crippen LogP contribution in [0.15, 0.2) is 99.9 Å². The molecular weight excluding hydrogens is 748 g/mol. The third-order valence-corrected chi connectivity index (χ3v) is 12.6. The molecule has 0 amide bonds. The second-order valence-electron chi connectivity index (χ2n) is 16.6. The van der Waals surface area contributed by atoms with Crippen LogP contribution in [-0.2, 0) is 16.2 Å². The Balaban J connectivity index is 1.41. The Bertz CT molecular complexity index is 2560. The summed E-state index contributed by atoms with van der Waals surface area (Å²) in [5.41, 5.74) is 11.4. The number of benzene rings is 5. The van der Waals surface area contributed by atoms with Gasteiger partial charge in [0.2, 0.25) is 0 Å². The number of fused-ring (bicyclic) bond motifs is 8. The average molecular weight is 791 g/mol. The summed E-state index contributed by atoms with van der Waals surface area (Å²) in [5.74, 6) is 0. The Morgan fingerprint density at radius 2 is 0.898 bits per heavy atom. The summed E-state index contributed by atoms with van der Waals surface area (Å²) >= 11 is 10.1. The first kappa shape index (κ1) is 32.8. The molecule has 0 unspecified atom stereocenters. The molecule has 0 spiro atoms. The van der Waals surface area contributed by atoms with Gasteiger partial charge in [0.15, 0.2) is 0 Å². The van der Waals surface area contributed by atoms with E-state index in [1.165, 1.54) is 69.7 Å². The minimum atomic E-state index is 0.0554. The highest BCUT2D eigenvalue weighted by Gasteiger charge is 2.25. The Morgan fingerprint density at radius 3 is 1.39 bits per heavy atom. The third kappa shape index (κ3) is 5.22. The van der Waals surface area contributed by atoms with Crippen LogP contribution in [0.3, 0.4) is 0 Å². The molecule has 0 radical (unpaired) electrons. The van der Waals surface area contributed by atoms with Crippen LogP contribution in [-0.4, -0.2) is 9.13 Å². The summed E-state index contributed by atoms with van der Waals surface area (Å²) in [5, 5.41) is 5.17. The first-order valence-corrected chi connectivity index (χ1v) is 19.5. The van der Waals surface area contributed by atoms with Crippen LogP contribution in [0.2, 0.25) is 0 Å². The number of thiophene rings is 1. The molecule has 0 N–H and O–H groups in total. The number of rotatable bonds is 2. The molecule has 0 fully saturated rings. The summed E-state index contributed by atoms with van der Waals surface area (Å²) in [4.78, 5) is 0. The lowest BCUT2D eigenvalue weighted by Crippen LogP contribution is -2.10. The van der Waals surface area contributed by atoms with Crippen molar-refractivity contribution in [2.75, 3.05) is 0 Å². The van der Waals surface area contributed by atoms with E-state index in [4.69, 9.17) is 0 Å². The van der Waals surface area contributed by atoms with Gasteiger partial charge >= 0.3 is 0 Å². The van der Waals surface area contributed by atoms with Crippen molar-refractivity contribution in [2.24, 2.45) is 0 Å². The van der Waals surface area contributed by atoms with Gasteiger partial charge in [-0.1, -0.05) is 98.7 Å². The lowest BCUT2D eigenvalue weighted by Gasteiger charge is -2.20. The van der Waals surface area contributed by atoms with Gasteiger partial charge in [0.05, 0.1) is 38.1 Å². The predicted molar refractivity (Wildman–Crippen MR) is 222 cm³/mol. The molecular formula is C44H42Br2N2S. The van der Waals surface area contributed by atoms with Crippen molar-refractivity contribution in [3.8, 4) is 11.4 Å². The molecule has 5 aromatic carbocycles. The fourth-order valence-electron chi connectivity index (χ4n) is 7.27. The second kappa shape index (κ2) is 11.1. The van der Waals surface area contributed by atoms with Crippen molar-refractivity contribution in [3.05, 3.63) is 117 Å². The monoisotopic (exact) mass is 788 g/mol. The van der Waals surface area contributed by atoms with E-state index in [2.05, 4.69) is 194 Å². The average Bonchev–Trinajstić information content (AvgIpc) is 3.67. The summed E-state index contributed by atoms with van der Waals surface area (Å²) in [6, 6.07) is 34.5. The zero-order valence-corrected chi connectivity index (χ0v) is 33.7. The highest BCUT2D eigenvalue weighted by Crippen LogP contribution is 2.46. The maximum atomic E-state index is 4.11. The third-order valence-electron chi connectivity index (χ3n) is 10.1. The first-order valence-electron chi connectivity index (χ1n) is 17.1. The molecule has 3 heterocycles. The van der Waals surface area contributed by atoms with Gasteiger partial charge in [-0.15, -0.1) is 11.3 Å². The van der Waals surface area contributed by atoms with Gasteiger partial charge in [-0.25, -0.2) is 0 Å². The predicted octanol–water partition coefficient (Wildman–Crippen LogP) is 14.5. The van der Waals surface area contributed by atoms with E-state index < -0.39 is 0 Å². The van der Waals surface area contributed by atoms with Gasteiger partial charge in [0.1, 0.15) is 0 Å². The van der Waals surface area contributed by atoms with Crippen LogP contribution in [0.5, 0.6) is 0 Å². The van der Waals surface area contributed by atoms with Gasteiger partial charge in [-0.05, 0) is 119 Å². The lowest BCUT2D eigenvalue weighted by atomic mass is 9.85. The van der Waals surface area contributed by atoms with Gasteiger partial charge in [0, 0.05) is 35.2 Å². The van der Waals surface area contributed by atoms with Crippen LogP contribution in [0, 0.1) is 0 Å². The van der Waals surface area contributed by atoms with E-state index in [-0.39, 0.29) is 16.2 Å². The number of nitrogens with zero attached hydrogens (tertiary/aromatic N) is 2. The van der Waals surface area contributed by atoms with Crippen molar-refractivity contribution < 1.29 is 0 Å². The molecule has 0 bridgehead atoms. The van der Waals surface area contributed by atoms with Crippen LogP contribution < -0.4 is 0 Å². The highest BCUT2D eigenvalue weighted by molar-refractivity contribution is 9.11. The quantitative estimate of drug-likeness (QED) is 0.165. The van der Waals surface area contributed by atoms with Crippen LogP contribution in [0.1, 0.15) is 79.0 Å². The molecule has 0 saturated heterocycles. The van der Waals surface area contributed by atoms with Crippen LogP contribution in [0.25, 0.3) is 64.4 Å². The lowest BCUT2D eigenvalue weighted by molar-refractivity contribution is 0.590. The van der Waals surface area contributed by atoms with E-state index in [1.807, 2.05) is 11.3 Å². The Kier molecular flexibility index (Phi) is 7.40. The van der Waals surface area contributed by atoms with E-state index in [0.29, 0.717) is 0 Å². The minimum Gasteiger partial charge on any atom is -0.308 e. The van der Waals surface area contributed by atoms with Gasteiger partial charge in [-0.2, -0.15) is 0 Å². The van der Waals surface area contributed by atoms with Crippen molar-refractivity contribution in [3.63, 3.8) is 0 Å². The maximum absolute atomic E-state index is 4.11. The molecule has 8 rings (SSSR count). The van der Waals surface area contributed by atoms with Crippen molar-refractivity contribution in [2.45, 2.75) is 78.6 Å². The van der Waals surface area contributed by atoms with Crippen molar-refractivity contribution >= 4 is 96.2 Å². The van der Waals surface area contributed by atoms with Crippen molar-refractivity contribution in [1.29, 1.82) is 0 Å². The summed E-state index contributed by atoms with van der Waals surface area (Å²) in [6.07, 6.45) is 0. The second-order valence-corrected chi connectivity index (χ2v) is 19.4. The fraction of sp³-hybridized carbons (Fsp3) is 0.273. The molecule has 0 aliphatic heterocycles. The molecule has 3 aromatic heterocycles. The van der Waals surface area contributed by atoms with E-state index in [9.17, 15) is 0 Å². The summed E-state index contributed by atoms with van der Waals surface area (Å²) in [7, 11) is 0. The van der Waals surface area contributed by atoms with Crippen molar-refractivity contribution in [1.82, 2.24) is 9.13 Å². The minimum absolute atomic E-state index is 0.0554. The maximum Gasteiger partial charge on any atom is 0.0728 e.